The van der Waals surface area contributed by atoms with Crippen LogP contribution in [-0.2, 0) is 24.4 Å². The fourth-order valence-electron chi connectivity index (χ4n) is 3.03. The molecule has 1 aliphatic heterocycles. The zero-order chi connectivity index (χ0) is 19.8. The average Bonchev–Trinajstić information content (AvgIpc) is 2.71. The van der Waals surface area contributed by atoms with E-state index in [9.17, 15) is 0 Å². The fourth-order valence-corrected chi connectivity index (χ4v) is 3.51. The predicted octanol–water partition coefficient (Wildman–Crippen LogP) is 4.31. The van der Waals surface area contributed by atoms with Crippen LogP contribution in [0, 0.1) is 0 Å². The second-order valence-corrected chi connectivity index (χ2v) is 7.56. The molecule has 0 atom stereocenters. The van der Waals surface area contributed by atoms with E-state index in [1.807, 2.05) is 12.1 Å². The van der Waals surface area contributed by atoms with Crippen LogP contribution in [0.2, 0.25) is 10.0 Å². The van der Waals surface area contributed by atoms with Gasteiger partial charge < -0.3 is 15.4 Å². The van der Waals surface area contributed by atoms with Gasteiger partial charge in [0, 0.05) is 49.8 Å². The second kappa shape index (κ2) is 12.6. The summed E-state index contributed by atoms with van der Waals surface area (Å²) in [5.41, 5.74) is 3.50. The monoisotopic (exact) mass is 548 g/mol. The van der Waals surface area contributed by atoms with Crippen molar-refractivity contribution in [3.63, 3.8) is 0 Å². The number of halogens is 3. The number of nitrogens with one attached hydrogen (secondary N) is 2. The lowest BCUT2D eigenvalue weighted by atomic mass is 10.1. The van der Waals surface area contributed by atoms with Gasteiger partial charge in [-0.2, -0.15) is 0 Å². The largest absolute Gasteiger partial charge is 0.379 e. The van der Waals surface area contributed by atoms with E-state index in [0.717, 1.165) is 44.4 Å². The second-order valence-electron chi connectivity index (χ2n) is 6.72. The Hall–Kier alpha value is -1.06. The molecular formula is C21H27Cl2IN4O. The summed E-state index contributed by atoms with van der Waals surface area (Å²) < 4.78 is 5.40. The Bertz CT molecular complexity index is 796. The molecule has 2 aromatic carbocycles. The Morgan fingerprint density at radius 2 is 1.66 bits per heavy atom. The standard InChI is InChI=1S/C21H26Cl2N4O.HI/c1-24-21(26-14-18-6-7-19(22)12-20(18)23)25-13-16-2-4-17(5-3-16)15-27-8-10-28-11-9-27;/h2-7,12H,8-11,13-15H2,1H3,(H2,24,25,26);1H. The van der Waals surface area contributed by atoms with Crippen molar-refractivity contribution < 1.29 is 4.74 Å². The predicted molar refractivity (Wildman–Crippen MR) is 131 cm³/mol. The first-order valence-electron chi connectivity index (χ1n) is 9.40. The molecule has 29 heavy (non-hydrogen) atoms. The van der Waals surface area contributed by atoms with Crippen LogP contribution in [0.1, 0.15) is 16.7 Å². The molecule has 5 nitrogen and oxygen atoms in total. The Morgan fingerprint density at radius 3 is 2.31 bits per heavy atom. The maximum absolute atomic E-state index is 6.22. The van der Waals surface area contributed by atoms with Gasteiger partial charge in [0.15, 0.2) is 5.96 Å². The molecule has 0 unspecified atom stereocenters. The summed E-state index contributed by atoms with van der Waals surface area (Å²) in [6.45, 7) is 5.92. The molecule has 2 N–H and O–H groups in total. The van der Waals surface area contributed by atoms with Crippen molar-refractivity contribution in [1.29, 1.82) is 0 Å². The van der Waals surface area contributed by atoms with E-state index in [1.54, 1.807) is 13.1 Å². The topological polar surface area (TPSA) is 48.9 Å². The molecule has 1 aliphatic rings. The third-order valence-electron chi connectivity index (χ3n) is 4.68. The minimum Gasteiger partial charge on any atom is -0.379 e. The summed E-state index contributed by atoms with van der Waals surface area (Å²) in [5.74, 6) is 0.725. The van der Waals surface area contributed by atoms with Crippen molar-refractivity contribution in [1.82, 2.24) is 15.5 Å². The summed E-state index contributed by atoms with van der Waals surface area (Å²) in [6.07, 6.45) is 0. The van der Waals surface area contributed by atoms with Crippen LogP contribution in [0.5, 0.6) is 0 Å². The number of hydrogen-bond donors (Lipinski definition) is 2. The van der Waals surface area contributed by atoms with Crippen LogP contribution in [0.15, 0.2) is 47.5 Å². The summed E-state index contributed by atoms with van der Waals surface area (Å²) in [6, 6.07) is 14.2. The van der Waals surface area contributed by atoms with E-state index < -0.39 is 0 Å². The van der Waals surface area contributed by atoms with Gasteiger partial charge in [0.1, 0.15) is 0 Å². The Labute approximate surface area is 199 Å². The summed E-state index contributed by atoms with van der Waals surface area (Å²) in [5, 5.41) is 7.88. The minimum atomic E-state index is 0. The lowest BCUT2D eigenvalue weighted by Gasteiger charge is -2.26. The van der Waals surface area contributed by atoms with Crippen LogP contribution in [0.4, 0.5) is 0 Å². The normalized spacial score (nSPS) is 14.9. The highest BCUT2D eigenvalue weighted by molar-refractivity contribution is 14.0. The van der Waals surface area contributed by atoms with E-state index in [0.29, 0.717) is 23.1 Å². The first kappa shape index (κ1) is 24.2. The van der Waals surface area contributed by atoms with Crippen LogP contribution in [0.3, 0.4) is 0 Å². The van der Waals surface area contributed by atoms with E-state index in [4.69, 9.17) is 27.9 Å². The quantitative estimate of drug-likeness (QED) is 0.321. The summed E-state index contributed by atoms with van der Waals surface area (Å²) >= 11 is 12.2. The van der Waals surface area contributed by atoms with Crippen LogP contribution < -0.4 is 10.6 Å². The van der Waals surface area contributed by atoms with Crippen molar-refractivity contribution >= 4 is 53.1 Å². The zero-order valence-electron chi connectivity index (χ0n) is 16.5. The van der Waals surface area contributed by atoms with Gasteiger partial charge in [-0.05, 0) is 28.8 Å². The molecular weight excluding hydrogens is 522 g/mol. The number of nitrogens with zero attached hydrogens (tertiary/aromatic N) is 2. The molecule has 0 amide bonds. The smallest absolute Gasteiger partial charge is 0.191 e. The summed E-state index contributed by atoms with van der Waals surface area (Å²) in [4.78, 5) is 6.69. The van der Waals surface area contributed by atoms with Gasteiger partial charge in [0.2, 0.25) is 0 Å². The number of rotatable bonds is 6. The number of benzene rings is 2. The number of hydrogen-bond acceptors (Lipinski definition) is 3. The van der Waals surface area contributed by atoms with Crippen molar-refractivity contribution in [3.05, 3.63) is 69.2 Å². The number of morpholine rings is 1. The van der Waals surface area contributed by atoms with Crippen LogP contribution >= 0.6 is 47.2 Å². The molecule has 0 aliphatic carbocycles. The molecule has 0 spiro atoms. The average molecular weight is 549 g/mol. The Balaban J connectivity index is 0.00000300. The molecule has 0 aromatic heterocycles. The molecule has 3 rings (SSSR count). The van der Waals surface area contributed by atoms with Crippen molar-refractivity contribution in [2.24, 2.45) is 4.99 Å². The van der Waals surface area contributed by atoms with E-state index in [-0.39, 0.29) is 24.0 Å². The maximum Gasteiger partial charge on any atom is 0.191 e. The van der Waals surface area contributed by atoms with Crippen molar-refractivity contribution in [2.75, 3.05) is 33.4 Å². The van der Waals surface area contributed by atoms with Gasteiger partial charge in [-0.25, -0.2) is 0 Å². The van der Waals surface area contributed by atoms with E-state index in [1.165, 1.54) is 11.1 Å². The van der Waals surface area contributed by atoms with E-state index in [2.05, 4.69) is 44.8 Å². The van der Waals surface area contributed by atoms with Gasteiger partial charge in [-0.1, -0.05) is 53.5 Å². The highest BCUT2D eigenvalue weighted by Crippen LogP contribution is 2.20. The molecule has 8 heteroatoms. The molecule has 0 saturated carbocycles. The molecule has 2 aromatic rings. The first-order valence-corrected chi connectivity index (χ1v) is 10.2. The highest BCUT2D eigenvalue weighted by Gasteiger charge is 2.10. The Kier molecular flexibility index (Phi) is 10.5. The summed E-state index contributed by atoms with van der Waals surface area (Å²) in [7, 11) is 1.75. The van der Waals surface area contributed by atoms with Gasteiger partial charge >= 0.3 is 0 Å². The zero-order valence-corrected chi connectivity index (χ0v) is 20.3. The van der Waals surface area contributed by atoms with Crippen LogP contribution in [-0.4, -0.2) is 44.2 Å². The van der Waals surface area contributed by atoms with Crippen molar-refractivity contribution in [3.8, 4) is 0 Å². The number of guanidine groups is 1. The SMILES string of the molecule is CN=C(NCc1ccc(CN2CCOCC2)cc1)NCc1ccc(Cl)cc1Cl.I. The highest BCUT2D eigenvalue weighted by atomic mass is 127. The molecule has 1 heterocycles. The molecule has 1 saturated heterocycles. The number of ether oxygens (including phenoxy) is 1. The Morgan fingerprint density at radius 1 is 1.00 bits per heavy atom. The lowest BCUT2D eigenvalue weighted by molar-refractivity contribution is 0.0342. The van der Waals surface area contributed by atoms with Gasteiger partial charge in [0.25, 0.3) is 0 Å². The van der Waals surface area contributed by atoms with E-state index >= 15 is 0 Å². The van der Waals surface area contributed by atoms with Crippen molar-refractivity contribution in [2.45, 2.75) is 19.6 Å². The van der Waals surface area contributed by atoms with Crippen LogP contribution in [0.25, 0.3) is 0 Å². The molecule has 158 valence electrons. The number of aliphatic imine (C=N–C) groups is 1. The third kappa shape index (κ3) is 7.94. The maximum atomic E-state index is 6.22. The molecule has 1 fully saturated rings. The molecule has 0 bridgehead atoms. The fraction of sp³-hybridized carbons (Fsp3) is 0.381. The van der Waals surface area contributed by atoms with Gasteiger partial charge in [-0.15, -0.1) is 24.0 Å². The van der Waals surface area contributed by atoms with Gasteiger partial charge in [-0.3, -0.25) is 9.89 Å². The molecule has 0 radical (unpaired) electrons. The third-order valence-corrected chi connectivity index (χ3v) is 5.26. The first-order chi connectivity index (χ1) is 13.6. The van der Waals surface area contributed by atoms with Gasteiger partial charge in [0.05, 0.1) is 13.2 Å². The minimum absolute atomic E-state index is 0. The lowest BCUT2D eigenvalue weighted by Crippen LogP contribution is -2.36.